The van der Waals surface area contributed by atoms with Crippen molar-refractivity contribution in [3.63, 3.8) is 0 Å². The van der Waals surface area contributed by atoms with Gasteiger partial charge in [0.05, 0.1) is 0 Å². The van der Waals surface area contributed by atoms with Gasteiger partial charge >= 0.3 is 0 Å². The van der Waals surface area contributed by atoms with Crippen LogP contribution in [0.1, 0.15) is 12.5 Å². The van der Waals surface area contributed by atoms with Gasteiger partial charge in [0.1, 0.15) is 0 Å². The lowest BCUT2D eigenvalue weighted by Crippen LogP contribution is -2.20. The first kappa shape index (κ1) is 13.7. The van der Waals surface area contributed by atoms with Crippen LogP contribution in [0.5, 0.6) is 0 Å². The average molecular weight is 283 g/mol. The Morgan fingerprint density at radius 1 is 1.32 bits per heavy atom. The molecule has 2 aromatic rings. The highest BCUT2D eigenvalue weighted by molar-refractivity contribution is 7.07. The predicted octanol–water partition coefficient (Wildman–Crippen LogP) is 3.51. The van der Waals surface area contributed by atoms with Crippen molar-refractivity contribution in [1.82, 2.24) is 4.98 Å². The van der Waals surface area contributed by atoms with E-state index in [1.807, 2.05) is 23.8 Å². The Kier molecular flexibility index (Phi) is 4.31. The molecule has 0 aliphatic heterocycles. The van der Waals surface area contributed by atoms with Crippen LogP contribution in [0.25, 0.3) is 0 Å². The molecular formula is C13H15F2N3S. The zero-order chi connectivity index (χ0) is 13.8. The number of aromatic nitrogens is 1. The van der Waals surface area contributed by atoms with Crippen molar-refractivity contribution in [2.24, 2.45) is 0 Å². The molecule has 0 amide bonds. The van der Waals surface area contributed by atoms with Gasteiger partial charge in [-0.3, -0.25) is 0 Å². The lowest BCUT2D eigenvalue weighted by molar-refractivity contribution is 0.576. The average Bonchev–Trinajstić information content (AvgIpc) is 2.85. The van der Waals surface area contributed by atoms with Gasteiger partial charge in [0.25, 0.3) is 0 Å². The molecule has 19 heavy (non-hydrogen) atoms. The maximum absolute atomic E-state index is 13.6. The molecule has 1 unspecified atom stereocenters. The van der Waals surface area contributed by atoms with Crippen molar-refractivity contribution in [3.8, 4) is 0 Å². The lowest BCUT2D eigenvalue weighted by atomic mass is 10.1. The van der Waals surface area contributed by atoms with Crippen molar-refractivity contribution >= 4 is 23.0 Å². The maximum atomic E-state index is 13.6. The summed E-state index contributed by atoms with van der Waals surface area (Å²) >= 11 is 1.62. The van der Waals surface area contributed by atoms with Gasteiger partial charge in [-0.15, -0.1) is 0 Å². The number of nitrogens with zero attached hydrogens (tertiary/aromatic N) is 1. The number of rotatable bonds is 5. The molecule has 2 rings (SSSR count). The largest absolute Gasteiger partial charge is 0.371 e. The third kappa shape index (κ3) is 3.41. The topological polar surface area (TPSA) is 37.0 Å². The highest BCUT2D eigenvalue weighted by atomic mass is 32.1. The van der Waals surface area contributed by atoms with E-state index in [1.165, 1.54) is 5.56 Å². The van der Waals surface area contributed by atoms with E-state index in [0.29, 0.717) is 0 Å². The number of hydrogen-bond donors (Lipinski definition) is 2. The summed E-state index contributed by atoms with van der Waals surface area (Å²) in [6, 6.07) is 2.86. The number of halogens is 2. The molecule has 1 atom stereocenters. The minimum Gasteiger partial charge on any atom is -0.371 e. The standard InChI is InChI=1S/C13H15F2N3S/c1-8(5-9-3-4-19-7-9)17-13-11(15)6-10(14)12(16-2)18-13/h3-4,6-8H,5H2,1-2H3,(H2,16,17,18). The van der Waals surface area contributed by atoms with Gasteiger partial charge in [-0.2, -0.15) is 11.3 Å². The summed E-state index contributed by atoms with van der Waals surface area (Å²) < 4.78 is 26.9. The van der Waals surface area contributed by atoms with Gasteiger partial charge in [0.15, 0.2) is 23.3 Å². The Morgan fingerprint density at radius 3 is 2.68 bits per heavy atom. The Hall–Kier alpha value is -1.69. The summed E-state index contributed by atoms with van der Waals surface area (Å²) in [5.74, 6) is -1.29. The molecule has 6 heteroatoms. The molecule has 0 spiro atoms. The second-order valence-electron chi connectivity index (χ2n) is 4.28. The molecule has 2 heterocycles. The summed E-state index contributed by atoms with van der Waals surface area (Å²) in [5.41, 5.74) is 1.18. The molecule has 0 saturated carbocycles. The summed E-state index contributed by atoms with van der Waals surface area (Å²) in [7, 11) is 1.54. The van der Waals surface area contributed by atoms with Crippen LogP contribution in [0.15, 0.2) is 22.9 Å². The molecule has 3 nitrogen and oxygen atoms in total. The summed E-state index contributed by atoms with van der Waals surface area (Å²) in [5, 5.41) is 9.60. The SMILES string of the molecule is CNc1nc(NC(C)Cc2ccsc2)c(F)cc1F. The second kappa shape index (κ2) is 5.97. The molecule has 0 aliphatic rings. The zero-order valence-corrected chi connectivity index (χ0v) is 11.5. The first-order valence-electron chi connectivity index (χ1n) is 5.91. The molecule has 2 aromatic heterocycles. The molecule has 0 saturated heterocycles. The van der Waals surface area contributed by atoms with E-state index in [9.17, 15) is 8.78 Å². The fourth-order valence-corrected chi connectivity index (χ4v) is 2.47. The highest BCUT2D eigenvalue weighted by Crippen LogP contribution is 2.20. The van der Waals surface area contributed by atoms with Crippen molar-refractivity contribution in [2.75, 3.05) is 17.7 Å². The number of nitrogens with one attached hydrogen (secondary N) is 2. The van der Waals surface area contributed by atoms with Crippen LogP contribution in [-0.4, -0.2) is 18.1 Å². The Labute approximate surface area is 114 Å². The lowest BCUT2D eigenvalue weighted by Gasteiger charge is -2.15. The first-order chi connectivity index (χ1) is 9.10. The first-order valence-corrected chi connectivity index (χ1v) is 6.86. The number of hydrogen-bond acceptors (Lipinski definition) is 4. The normalized spacial score (nSPS) is 12.2. The summed E-state index contributed by atoms with van der Waals surface area (Å²) in [4.78, 5) is 3.89. The Morgan fingerprint density at radius 2 is 2.05 bits per heavy atom. The minimum atomic E-state index is -0.698. The van der Waals surface area contributed by atoms with Gasteiger partial charge in [-0.25, -0.2) is 13.8 Å². The van der Waals surface area contributed by atoms with E-state index in [-0.39, 0.29) is 17.7 Å². The van der Waals surface area contributed by atoms with E-state index >= 15 is 0 Å². The monoisotopic (exact) mass is 283 g/mol. The Bertz CT molecular complexity index is 543. The van der Waals surface area contributed by atoms with Crippen LogP contribution >= 0.6 is 11.3 Å². The van der Waals surface area contributed by atoms with Crippen molar-refractivity contribution in [1.29, 1.82) is 0 Å². The minimum absolute atomic E-state index is 0.00627. The van der Waals surface area contributed by atoms with E-state index in [0.717, 1.165) is 12.5 Å². The van der Waals surface area contributed by atoms with Gasteiger partial charge in [-0.1, -0.05) is 0 Å². The molecule has 0 bridgehead atoms. The van der Waals surface area contributed by atoms with E-state index in [4.69, 9.17) is 0 Å². The maximum Gasteiger partial charge on any atom is 0.168 e. The Balaban J connectivity index is 2.09. The third-order valence-corrected chi connectivity index (χ3v) is 3.40. The van der Waals surface area contributed by atoms with Crippen LogP contribution in [-0.2, 0) is 6.42 Å². The summed E-state index contributed by atoms with van der Waals surface area (Å²) in [6.07, 6.45) is 0.761. The zero-order valence-electron chi connectivity index (χ0n) is 10.7. The quantitative estimate of drug-likeness (QED) is 0.881. The smallest absolute Gasteiger partial charge is 0.168 e. The van der Waals surface area contributed by atoms with Crippen LogP contribution in [0.4, 0.5) is 20.4 Å². The fourth-order valence-electron chi connectivity index (χ4n) is 1.79. The molecule has 102 valence electrons. The molecule has 0 aliphatic carbocycles. The van der Waals surface area contributed by atoms with Gasteiger partial charge < -0.3 is 10.6 Å². The fraction of sp³-hybridized carbons (Fsp3) is 0.308. The van der Waals surface area contributed by atoms with Crippen molar-refractivity contribution < 1.29 is 8.78 Å². The second-order valence-corrected chi connectivity index (χ2v) is 5.06. The van der Waals surface area contributed by atoms with Crippen LogP contribution in [0.3, 0.4) is 0 Å². The van der Waals surface area contributed by atoms with Crippen LogP contribution < -0.4 is 10.6 Å². The number of anilines is 2. The van der Waals surface area contributed by atoms with Crippen LogP contribution in [0, 0.1) is 11.6 Å². The van der Waals surface area contributed by atoms with E-state index in [2.05, 4.69) is 15.6 Å². The molecule has 2 N–H and O–H groups in total. The third-order valence-electron chi connectivity index (χ3n) is 2.67. The predicted molar refractivity (Wildman–Crippen MR) is 74.8 cm³/mol. The van der Waals surface area contributed by atoms with Crippen molar-refractivity contribution in [2.45, 2.75) is 19.4 Å². The van der Waals surface area contributed by atoms with Gasteiger partial charge in [0.2, 0.25) is 0 Å². The number of pyridine rings is 1. The molecular weight excluding hydrogens is 268 g/mol. The van der Waals surface area contributed by atoms with Gasteiger partial charge in [0, 0.05) is 19.2 Å². The summed E-state index contributed by atoms with van der Waals surface area (Å²) in [6.45, 7) is 1.93. The van der Waals surface area contributed by atoms with Gasteiger partial charge in [-0.05, 0) is 35.7 Å². The van der Waals surface area contributed by atoms with Crippen LogP contribution in [0.2, 0.25) is 0 Å². The molecule has 0 radical (unpaired) electrons. The van der Waals surface area contributed by atoms with E-state index < -0.39 is 11.6 Å². The molecule has 0 fully saturated rings. The highest BCUT2D eigenvalue weighted by Gasteiger charge is 2.13. The van der Waals surface area contributed by atoms with E-state index in [1.54, 1.807) is 18.4 Å². The number of thiophene rings is 1. The molecule has 0 aromatic carbocycles. The van der Waals surface area contributed by atoms with Crippen molar-refractivity contribution in [3.05, 3.63) is 40.1 Å².